The van der Waals surface area contributed by atoms with E-state index in [0.717, 1.165) is 17.0 Å². The van der Waals surface area contributed by atoms with Crippen LogP contribution in [0.2, 0.25) is 0 Å². The molecule has 0 unspecified atom stereocenters. The number of aromatic nitrogens is 2. The summed E-state index contributed by atoms with van der Waals surface area (Å²) in [7, 11) is 1.52. The largest absolute Gasteiger partial charge is 0.480 e. The number of hydrogen-bond donors (Lipinski definition) is 0. The van der Waals surface area contributed by atoms with Crippen molar-refractivity contribution in [2.75, 3.05) is 18.6 Å². The minimum atomic E-state index is -0.127. The van der Waals surface area contributed by atoms with E-state index in [4.69, 9.17) is 4.74 Å². The molecule has 0 saturated heterocycles. The molecule has 0 saturated carbocycles. The molecule has 6 heteroatoms. The minimum absolute atomic E-state index is 0.127. The smallest absolute Gasteiger partial charge is 0.278 e. The fourth-order valence-corrected chi connectivity index (χ4v) is 3.49. The van der Waals surface area contributed by atoms with E-state index in [1.54, 1.807) is 28.8 Å². The average Bonchev–Trinajstić information content (AvgIpc) is 2.72. The molecule has 1 aliphatic rings. The van der Waals surface area contributed by atoms with E-state index in [9.17, 15) is 4.79 Å². The van der Waals surface area contributed by atoms with Crippen LogP contribution >= 0.6 is 11.8 Å². The van der Waals surface area contributed by atoms with Gasteiger partial charge < -0.3 is 9.64 Å². The number of ether oxygens (including phenoxy) is 1. The molecular weight excluding hydrogens is 298 g/mol. The highest BCUT2D eigenvalue weighted by Gasteiger charge is 2.25. The summed E-state index contributed by atoms with van der Waals surface area (Å²) >= 11 is 1.81. The molecule has 1 amide bonds. The van der Waals surface area contributed by atoms with Crippen LogP contribution in [0.4, 0.5) is 5.69 Å². The summed E-state index contributed by atoms with van der Waals surface area (Å²) < 4.78 is 4.98. The first-order valence-electron chi connectivity index (χ1n) is 7.14. The van der Waals surface area contributed by atoms with Gasteiger partial charge in [0.05, 0.1) is 12.8 Å². The van der Waals surface area contributed by atoms with Gasteiger partial charge in [-0.05, 0) is 24.6 Å². The van der Waals surface area contributed by atoms with Gasteiger partial charge in [0.15, 0.2) is 5.69 Å². The minimum Gasteiger partial charge on any atom is -0.480 e. The monoisotopic (exact) mass is 315 g/mol. The van der Waals surface area contributed by atoms with Crippen LogP contribution in [0.5, 0.6) is 5.88 Å². The molecule has 5 nitrogen and oxygen atoms in total. The number of amides is 1. The van der Waals surface area contributed by atoms with Gasteiger partial charge in [0, 0.05) is 22.8 Å². The molecule has 2 heterocycles. The topological polar surface area (TPSA) is 55.3 Å². The fraction of sp³-hybridized carbons (Fsp3) is 0.312. The molecule has 0 bridgehead atoms. The lowest BCUT2D eigenvalue weighted by Crippen LogP contribution is -2.33. The molecule has 2 aromatic rings. The second kappa shape index (κ2) is 6.36. The molecule has 0 spiro atoms. The van der Waals surface area contributed by atoms with E-state index in [2.05, 4.69) is 23.2 Å². The molecule has 1 aromatic carbocycles. The molecule has 0 N–H and O–H groups in total. The van der Waals surface area contributed by atoms with Crippen molar-refractivity contribution in [3.63, 3.8) is 0 Å². The molecule has 0 aliphatic carbocycles. The highest BCUT2D eigenvalue weighted by Crippen LogP contribution is 2.37. The number of carbonyl (C=O) groups excluding carboxylic acids is 1. The number of rotatable bonds is 2. The molecule has 0 radical (unpaired) electrons. The Balaban J connectivity index is 1.94. The van der Waals surface area contributed by atoms with Gasteiger partial charge in [-0.1, -0.05) is 19.1 Å². The van der Waals surface area contributed by atoms with Crippen LogP contribution < -0.4 is 9.64 Å². The van der Waals surface area contributed by atoms with E-state index in [1.165, 1.54) is 7.11 Å². The van der Waals surface area contributed by atoms with Gasteiger partial charge in [-0.25, -0.2) is 0 Å². The van der Waals surface area contributed by atoms with Crippen LogP contribution in [-0.4, -0.2) is 35.0 Å². The number of benzene rings is 1. The van der Waals surface area contributed by atoms with Crippen molar-refractivity contribution < 1.29 is 9.53 Å². The number of fused-ring (bicyclic) bond motifs is 1. The molecule has 22 heavy (non-hydrogen) atoms. The third-order valence-corrected chi connectivity index (χ3v) is 4.79. The highest BCUT2D eigenvalue weighted by atomic mass is 32.2. The number of anilines is 1. The number of thioether (sulfide) groups is 1. The van der Waals surface area contributed by atoms with E-state index in [-0.39, 0.29) is 5.91 Å². The number of methoxy groups -OCH3 is 1. The second-order valence-corrected chi connectivity index (χ2v) is 6.58. The van der Waals surface area contributed by atoms with Crippen molar-refractivity contribution in [2.45, 2.75) is 23.5 Å². The predicted molar refractivity (Wildman–Crippen MR) is 86.6 cm³/mol. The summed E-state index contributed by atoms with van der Waals surface area (Å²) in [5, 5.41) is 8.33. The van der Waals surface area contributed by atoms with Crippen molar-refractivity contribution in [3.05, 3.63) is 42.1 Å². The van der Waals surface area contributed by atoms with Crippen LogP contribution in [0, 0.1) is 0 Å². The van der Waals surface area contributed by atoms with Gasteiger partial charge in [-0.15, -0.1) is 22.0 Å². The molecule has 1 aromatic heterocycles. The Hall–Kier alpha value is -2.08. The first-order chi connectivity index (χ1) is 10.7. The Morgan fingerprint density at radius 2 is 2.09 bits per heavy atom. The van der Waals surface area contributed by atoms with Gasteiger partial charge in [0.1, 0.15) is 0 Å². The van der Waals surface area contributed by atoms with E-state index >= 15 is 0 Å². The second-order valence-electron chi connectivity index (χ2n) is 5.10. The third-order valence-electron chi connectivity index (χ3n) is 3.56. The third kappa shape index (κ3) is 2.92. The Labute approximate surface area is 133 Å². The summed E-state index contributed by atoms with van der Waals surface area (Å²) in [6, 6.07) is 11.3. The normalized spacial score (nSPS) is 17.5. The molecule has 3 rings (SSSR count). The summed E-state index contributed by atoms with van der Waals surface area (Å²) in [5.41, 5.74) is 1.27. The number of hydrogen-bond acceptors (Lipinski definition) is 5. The molecule has 1 aliphatic heterocycles. The standard InChI is InChI=1S/C16H17N3O2S/c1-11-9-10-19(13-5-3-4-6-14(13)22-11)16(20)12-7-8-15(21-2)18-17-12/h3-8,11H,9-10H2,1-2H3/t11-/m0/s1. The number of carbonyl (C=O) groups is 1. The zero-order valence-corrected chi connectivity index (χ0v) is 13.3. The van der Waals surface area contributed by atoms with Crippen LogP contribution in [0.1, 0.15) is 23.8 Å². The molecule has 114 valence electrons. The Morgan fingerprint density at radius 3 is 2.82 bits per heavy atom. The van der Waals surface area contributed by atoms with Gasteiger partial charge >= 0.3 is 0 Å². The van der Waals surface area contributed by atoms with Crippen molar-refractivity contribution in [2.24, 2.45) is 0 Å². The first-order valence-corrected chi connectivity index (χ1v) is 8.02. The molecule has 1 atom stereocenters. The maximum atomic E-state index is 12.8. The number of nitrogens with zero attached hydrogens (tertiary/aromatic N) is 3. The SMILES string of the molecule is COc1ccc(C(=O)N2CC[C@H](C)Sc3ccccc32)nn1. The van der Waals surface area contributed by atoms with Crippen LogP contribution in [0.3, 0.4) is 0 Å². The summed E-state index contributed by atoms with van der Waals surface area (Å²) in [6.07, 6.45) is 0.939. The van der Waals surface area contributed by atoms with Crippen molar-refractivity contribution in [1.82, 2.24) is 10.2 Å². The van der Waals surface area contributed by atoms with E-state index in [0.29, 0.717) is 23.4 Å². The lowest BCUT2D eigenvalue weighted by Gasteiger charge is -2.21. The lowest BCUT2D eigenvalue weighted by atomic mass is 10.2. The van der Waals surface area contributed by atoms with Crippen LogP contribution in [0.25, 0.3) is 0 Å². The van der Waals surface area contributed by atoms with Gasteiger partial charge in [0.2, 0.25) is 5.88 Å². The summed E-state index contributed by atoms with van der Waals surface area (Å²) in [5.74, 6) is 0.272. The van der Waals surface area contributed by atoms with Gasteiger partial charge in [0.25, 0.3) is 5.91 Å². The van der Waals surface area contributed by atoms with Crippen LogP contribution in [0.15, 0.2) is 41.3 Å². The van der Waals surface area contributed by atoms with Crippen molar-refractivity contribution >= 4 is 23.4 Å². The molecular formula is C16H17N3O2S. The lowest BCUT2D eigenvalue weighted by molar-refractivity contribution is 0.0980. The average molecular weight is 315 g/mol. The summed E-state index contributed by atoms with van der Waals surface area (Å²) in [6.45, 7) is 2.86. The Morgan fingerprint density at radius 1 is 1.27 bits per heavy atom. The van der Waals surface area contributed by atoms with E-state index in [1.807, 2.05) is 18.2 Å². The zero-order chi connectivity index (χ0) is 15.5. The number of para-hydroxylation sites is 1. The van der Waals surface area contributed by atoms with Gasteiger partial charge in [-0.3, -0.25) is 4.79 Å². The van der Waals surface area contributed by atoms with Gasteiger partial charge in [-0.2, -0.15) is 0 Å². The van der Waals surface area contributed by atoms with Crippen LogP contribution in [-0.2, 0) is 0 Å². The zero-order valence-electron chi connectivity index (χ0n) is 12.5. The van der Waals surface area contributed by atoms with Crippen molar-refractivity contribution in [1.29, 1.82) is 0 Å². The van der Waals surface area contributed by atoms with E-state index < -0.39 is 0 Å². The first kappa shape index (κ1) is 14.8. The highest BCUT2D eigenvalue weighted by molar-refractivity contribution is 8.00. The van der Waals surface area contributed by atoms with Crippen molar-refractivity contribution in [3.8, 4) is 5.88 Å². The molecule has 0 fully saturated rings. The predicted octanol–water partition coefficient (Wildman–Crippen LogP) is 3.02. The quantitative estimate of drug-likeness (QED) is 0.852. The maximum Gasteiger partial charge on any atom is 0.278 e. The maximum absolute atomic E-state index is 12.8. The Kier molecular flexibility index (Phi) is 4.29. The fourth-order valence-electron chi connectivity index (χ4n) is 2.38. The summed E-state index contributed by atoms with van der Waals surface area (Å²) in [4.78, 5) is 15.7. The Bertz CT molecular complexity index is 675.